The molecule has 0 atom stereocenters. The average molecular weight is 491 g/mol. The summed E-state index contributed by atoms with van der Waals surface area (Å²) in [6, 6.07) is 13.5. The molecule has 33 heavy (non-hydrogen) atoms. The SMILES string of the molecule is COc1ccccc1N(CC(=O)NCCCSC1CCCCC1)S(=O)(=O)c1ccc(C)cc1. The fourth-order valence-corrected chi connectivity index (χ4v) is 6.68. The van der Waals surface area contributed by atoms with E-state index in [0.717, 1.165) is 27.3 Å². The molecule has 1 saturated carbocycles. The van der Waals surface area contributed by atoms with Gasteiger partial charge in [0.1, 0.15) is 12.3 Å². The summed E-state index contributed by atoms with van der Waals surface area (Å²) in [6.07, 6.45) is 7.45. The molecule has 0 radical (unpaired) electrons. The van der Waals surface area contributed by atoms with Crippen LogP contribution in [0.2, 0.25) is 0 Å². The predicted molar refractivity (Wildman–Crippen MR) is 136 cm³/mol. The second-order valence-electron chi connectivity index (χ2n) is 8.33. The number of hydrogen-bond acceptors (Lipinski definition) is 5. The van der Waals surface area contributed by atoms with Crippen LogP contribution in [0.5, 0.6) is 5.75 Å². The van der Waals surface area contributed by atoms with Gasteiger partial charge in [0, 0.05) is 11.8 Å². The molecular formula is C25H34N2O4S2. The number of ether oxygens (including phenoxy) is 1. The van der Waals surface area contributed by atoms with Crippen LogP contribution >= 0.6 is 11.8 Å². The molecule has 0 saturated heterocycles. The number of carbonyl (C=O) groups excluding carboxylic acids is 1. The zero-order valence-electron chi connectivity index (χ0n) is 19.5. The average Bonchev–Trinajstić information content (AvgIpc) is 2.83. The van der Waals surface area contributed by atoms with Crippen molar-refractivity contribution in [3.63, 3.8) is 0 Å². The van der Waals surface area contributed by atoms with Crippen LogP contribution in [0.4, 0.5) is 5.69 Å². The van der Waals surface area contributed by atoms with Crippen molar-refractivity contribution in [3.8, 4) is 5.75 Å². The molecule has 0 heterocycles. The number of benzene rings is 2. The van der Waals surface area contributed by atoms with Crippen LogP contribution in [0.15, 0.2) is 53.4 Å². The number of methoxy groups -OCH3 is 1. The Bertz CT molecular complexity index is 1000. The number of hydrogen-bond donors (Lipinski definition) is 1. The Morgan fingerprint density at radius 2 is 1.79 bits per heavy atom. The second-order valence-corrected chi connectivity index (χ2v) is 11.6. The van der Waals surface area contributed by atoms with Gasteiger partial charge < -0.3 is 10.1 Å². The normalized spacial score (nSPS) is 14.6. The first kappa shape index (κ1) is 25.4. The number of aryl methyl sites for hydroxylation is 1. The van der Waals surface area contributed by atoms with E-state index in [2.05, 4.69) is 5.32 Å². The topological polar surface area (TPSA) is 75.7 Å². The van der Waals surface area contributed by atoms with E-state index in [1.54, 1.807) is 48.5 Å². The summed E-state index contributed by atoms with van der Waals surface area (Å²) in [4.78, 5) is 12.9. The van der Waals surface area contributed by atoms with Crippen LogP contribution in [-0.4, -0.2) is 45.5 Å². The minimum absolute atomic E-state index is 0.135. The number of anilines is 1. The number of nitrogens with one attached hydrogen (secondary N) is 1. The summed E-state index contributed by atoms with van der Waals surface area (Å²) in [6.45, 7) is 2.11. The van der Waals surface area contributed by atoms with Crippen molar-refractivity contribution < 1.29 is 17.9 Å². The second kappa shape index (κ2) is 12.3. The molecule has 3 rings (SSSR count). The first-order chi connectivity index (χ1) is 15.9. The maximum absolute atomic E-state index is 13.5. The minimum Gasteiger partial charge on any atom is -0.495 e. The number of sulfonamides is 1. The summed E-state index contributed by atoms with van der Waals surface area (Å²) in [5, 5.41) is 3.64. The van der Waals surface area contributed by atoms with E-state index in [0.29, 0.717) is 18.0 Å². The highest BCUT2D eigenvalue weighted by Gasteiger charge is 2.29. The maximum Gasteiger partial charge on any atom is 0.264 e. The molecule has 2 aromatic carbocycles. The Kier molecular flexibility index (Phi) is 9.50. The quantitative estimate of drug-likeness (QED) is 0.459. The van der Waals surface area contributed by atoms with Crippen molar-refractivity contribution in [1.82, 2.24) is 5.32 Å². The van der Waals surface area contributed by atoms with Gasteiger partial charge in [0.15, 0.2) is 0 Å². The van der Waals surface area contributed by atoms with Gasteiger partial charge in [-0.15, -0.1) is 0 Å². The molecule has 1 aliphatic carbocycles. The predicted octanol–water partition coefficient (Wildman–Crippen LogP) is 4.77. The van der Waals surface area contributed by atoms with Crippen LogP contribution in [0, 0.1) is 6.92 Å². The third kappa shape index (κ3) is 7.14. The van der Waals surface area contributed by atoms with Gasteiger partial charge in [-0.1, -0.05) is 49.1 Å². The molecule has 8 heteroatoms. The van der Waals surface area contributed by atoms with Crippen molar-refractivity contribution in [2.24, 2.45) is 0 Å². The van der Waals surface area contributed by atoms with Crippen LogP contribution in [0.3, 0.4) is 0 Å². The molecule has 1 amide bonds. The number of rotatable bonds is 11. The first-order valence-corrected chi connectivity index (χ1v) is 14.0. The van der Waals surface area contributed by atoms with Crippen LogP contribution in [0.1, 0.15) is 44.1 Å². The van der Waals surface area contributed by atoms with E-state index in [1.165, 1.54) is 39.2 Å². The summed E-state index contributed by atoms with van der Waals surface area (Å²) in [7, 11) is -2.47. The largest absolute Gasteiger partial charge is 0.495 e. The number of carbonyl (C=O) groups is 1. The van der Waals surface area contributed by atoms with E-state index < -0.39 is 10.0 Å². The van der Waals surface area contributed by atoms with E-state index in [-0.39, 0.29) is 17.3 Å². The molecule has 180 valence electrons. The number of thioether (sulfide) groups is 1. The van der Waals surface area contributed by atoms with E-state index in [1.807, 2.05) is 18.7 Å². The molecule has 0 unspecified atom stereocenters. The molecule has 0 bridgehead atoms. The van der Waals surface area contributed by atoms with Crippen LogP contribution < -0.4 is 14.4 Å². The maximum atomic E-state index is 13.5. The lowest BCUT2D eigenvalue weighted by Gasteiger charge is -2.25. The monoisotopic (exact) mass is 490 g/mol. The zero-order chi connectivity index (χ0) is 23.7. The van der Waals surface area contributed by atoms with Crippen LogP contribution in [0.25, 0.3) is 0 Å². The molecule has 6 nitrogen and oxygen atoms in total. The summed E-state index contributed by atoms with van der Waals surface area (Å²) < 4.78 is 33.5. The summed E-state index contributed by atoms with van der Waals surface area (Å²) >= 11 is 1.99. The lowest BCUT2D eigenvalue weighted by molar-refractivity contribution is -0.119. The van der Waals surface area contributed by atoms with E-state index in [9.17, 15) is 13.2 Å². The molecule has 0 aliphatic heterocycles. The van der Waals surface area contributed by atoms with E-state index >= 15 is 0 Å². The Morgan fingerprint density at radius 3 is 2.48 bits per heavy atom. The molecule has 2 aromatic rings. The third-order valence-corrected chi connectivity index (χ3v) is 9.04. The summed E-state index contributed by atoms with van der Waals surface area (Å²) in [5.41, 5.74) is 1.30. The van der Waals surface area contributed by atoms with Gasteiger partial charge in [-0.2, -0.15) is 11.8 Å². The number of nitrogens with zero attached hydrogens (tertiary/aromatic N) is 1. The molecule has 1 fully saturated rings. The molecule has 1 aliphatic rings. The summed E-state index contributed by atoms with van der Waals surface area (Å²) in [5.74, 6) is 1.06. The highest BCUT2D eigenvalue weighted by Crippen LogP contribution is 2.32. The third-order valence-electron chi connectivity index (χ3n) is 5.80. The van der Waals surface area contributed by atoms with Crippen molar-refractivity contribution >= 4 is 33.4 Å². The molecule has 0 spiro atoms. The van der Waals surface area contributed by atoms with Crippen molar-refractivity contribution in [2.75, 3.05) is 30.3 Å². The van der Waals surface area contributed by atoms with E-state index in [4.69, 9.17) is 4.74 Å². The Labute approximate surface area is 202 Å². The van der Waals surface area contributed by atoms with Crippen molar-refractivity contribution in [3.05, 3.63) is 54.1 Å². The number of amides is 1. The fraction of sp³-hybridized carbons (Fsp3) is 0.480. The van der Waals surface area contributed by atoms with Gasteiger partial charge in [-0.05, 0) is 56.2 Å². The first-order valence-electron chi connectivity index (χ1n) is 11.5. The van der Waals surface area contributed by atoms with Crippen LogP contribution in [-0.2, 0) is 14.8 Å². The highest BCUT2D eigenvalue weighted by atomic mass is 32.2. The Morgan fingerprint density at radius 1 is 1.09 bits per heavy atom. The number of para-hydroxylation sites is 2. The van der Waals surface area contributed by atoms with Gasteiger partial charge in [-0.3, -0.25) is 9.10 Å². The van der Waals surface area contributed by atoms with Gasteiger partial charge in [0.2, 0.25) is 5.91 Å². The fourth-order valence-electron chi connectivity index (χ4n) is 3.94. The van der Waals surface area contributed by atoms with Crippen molar-refractivity contribution in [1.29, 1.82) is 0 Å². The Balaban J connectivity index is 1.66. The minimum atomic E-state index is -3.96. The van der Waals surface area contributed by atoms with Gasteiger partial charge >= 0.3 is 0 Å². The molecular weight excluding hydrogens is 456 g/mol. The molecule has 1 N–H and O–H groups in total. The van der Waals surface area contributed by atoms with Crippen molar-refractivity contribution in [2.45, 2.75) is 55.6 Å². The Hall–Kier alpha value is -2.19. The van der Waals surface area contributed by atoms with Gasteiger partial charge in [-0.25, -0.2) is 8.42 Å². The smallest absolute Gasteiger partial charge is 0.264 e. The lowest BCUT2D eigenvalue weighted by Crippen LogP contribution is -2.41. The molecule has 0 aromatic heterocycles. The van der Waals surface area contributed by atoms with Gasteiger partial charge in [0.05, 0.1) is 17.7 Å². The lowest BCUT2D eigenvalue weighted by atomic mass is 10.0. The van der Waals surface area contributed by atoms with Gasteiger partial charge in [0.25, 0.3) is 10.0 Å². The highest BCUT2D eigenvalue weighted by molar-refractivity contribution is 7.99. The zero-order valence-corrected chi connectivity index (χ0v) is 21.1. The standard InChI is InChI=1S/C25H34N2O4S2/c1-20-13-15-22(16-14-20)33(29,30)27(23-11-6-7-12-24(23)31-2)19-25(28)26-17-8-18-32-21-9-4-3-5-10-21/h6-7,11-16,21H,3-5,8-10,17-19H2,1-2H3,(H,26,28).